The Morgan fingerprint density at radius 1 is 0.943 bits per heavy atom. The fourth-order valence-electron chi connectivity index (χ4n) is 5.40. The van der Waals surface area contributed by atoms with Gasteiger partial charge in [0.25, 0.3) is 5.91 Å². The van der Waals surface area contributed by atoms with E-state index in [0.717, 1.165) is 46.4 Å². The van der Waals surface area contributed by atoms with Crippen LogP contribution in [-0.4, -0.2) is 19.0 Å². The molecule has 5 heteroatoms. The summed E-state index contributed by atoms with van der Waals surface area (Å²) in [6.07, 6.45) is 5.76. The minimum Gasteiger partial charge on any atom is -0.465 e. The molecule has 3 aromatic carbocycles. The molecule has 0 bridgehead atoms. The summed E-state index contributed by atoms with van der Waals surface area (Å²) in [5, 5.41) is 0.687. The molecule has 0 aromatic heterocycles. The number of esters is 1. The molecule has 0 spiro atoms. The van der Waals surface area contributed by atoms with Gasteiger partial charge in [-0.1, -0.05) is 73.3 Å². The van der Waals surface area contributed by atoms with E-state index in [1.807, 2.05) is 65.6 Å². The zero-order valence-corrected chi connectivity index (χ0v) is 20.6. The summed E-state index contributed by atoms with van der Waals surface area (Å²) in [6, 6.07) is 23.2. The van der Waals surface area contributed by atoms with Gasteiger partial charge in [0, 0.05) is 10.6 Å². The standard InChI is InChI=1S/C30H28ClNO3/c1-35-30(34)23-11-7-8-20(18-23)19-32-26-13-6-5-12-25(26)28(29(32)33)27(21-9-3-2-4-10-21)22-14-16-24(31)17-15-22/h5-8,11-18,21H,2-4,9-10,19H2,1H3/b28-27+. The van der Waals surface area contributed by atoms with Gasteiger partial charge in [-0.3, -0.25) is 4.79 Å². The summed E-state index contributed by atoms with van der Waals surface area (Å²) >= 11 is 6.21. The number of carbonyl (C=O) groups excluding carboxylic acids is 2. The van der Waals surface area contributed by atoms with E-state index in [4.69, 9.17) is 16.3 Å². The second-order valence-electron chi connectivity index (χ2n) is 9.23. The lowest BCUT2D eigenvalue weighted by Gasteiger charge is -2.27. The van der Waals surface area contributed by atoms with Crippen molar-refractivity contribution in [2.75, 3.05) is 12.0 Å². The van der Waals surface area contributed by atoms with Gasteiger partial charge < -0.3 is 9.64 Å². The van der Waals surface area contributed by atoms with Crippen molar-refractivity contribution < 1.29 is 14.3 Å². The summed E-state index contributed by atoms with van der Waals surface area (Å²) in [6.45, 7) is 0.378. The van der Waals surface area contributed by atoms with Gasteiger partial charge in [0.2, 0.25) is 0 Å². The van der Waals surface area contributed by atoms with Gasteiger partial charge in [0.05, 0.1) is 30.5 Å². The number of anilines is 1. The van der Waals surface area contributed by atoms with Crippen LogP contribution < -0.4 is 4.90 Å². The molecular weight excluding hydrogens is 458 g/mol. The third-order valence-electron chi connectivity index (χ3n) is 7.05. The molecule has 0 N–H and O–H groups in total. The first-order chi connectivity index (χ1) is 17.1. The van der Waals surface area contributed by atoms with Crippen LogP contribution in [0, 0.1) is 5.92 Å². The third kappa shape index (κ3) is 4.63. The van der Waals surface area contributed by atoms with E-state index in [1.165, 1.54) is 26.4 Å². The van der Waals surface area contributed by atoms with E-state index >= 15 is 0 Å². The summed E-state index contributed by atoms with van der Waals surface area (Å²) in [5.41, 5.74) is 6.21. The Balaban J connectivity index is 1.61. The lowest BCUT2D eigenvalue weighted by molar-refractivity contribution is -0.113. The number of ether oxygens (including phenoxy) is 1. The highest BCUT2D eigenvalue weighted by Gasteiger charge is 2.37. The van der Waals surface area contributed by atoms with Crippen LogP contribution in [0.2, 0.25) is 5.02 Å². The van der Waals surface area contributed by atoms with Crippen molar-refractivity contribution in [3.05, 3.63) is 100 Å². The van der Waals surface area contributed by atoms with Gasteiger partial charge in [0.1, 0.15) is 0 Å². The maximum atomic E-state index is 14.1. The predicted octanol–water partition coefficient (Wildman–Crippen LogP) is 7.16. The molecule has 0 radical (unpaired) electrons. The second kappa shape index (κ2) is 10.1. The van der Waals surface area contributed by atoms with Crippen molar-refractivity contribution in [3.8, 4) is 0 Å². The minimum absolute atomic E-state index is 0.00481. The van der Waals surface area contributed by atoms with Gasteiger partial charge in [0.15, 0.2) is 0 Å². The average molecular weight is 486 g/mol. The summed E-state index contributed by atoms with van der Waals surface area (Å²) in [5.74, 6) is -0.0485. The number of fused-ring (bicyclic) bond motifs is 1. The SMILES string of the molecule is COC(=O)c1cccc(CN2C(=O)/C(=C(/c3ccc(Cl)cc3)C3CCCCC3)c3ccccc32)c1. The molecule has 178 valence electrons. The van der Waals surface area contributed by atoms with Gasteiger partial charge in [-0.25, -0.2) is 4.79 Å². The molecule has 2 aliphatic rings. The first-order valence-electron chi connectivity index (χ1n) is 12.2. The Bertz CT molecular complexity index is 1290. The van der Waals surface area contributed by atoms with Crippen molar-refractivity contribution in [1.82, 2.24) is 0 Å². The Morgan fingerprint density at radius 3 is 2.43 bits per heavy atom. The van der Waals surface area contributed by atoms with E-state index in [2.05, 4.69) is 0 Å². The molecule has 1 aliphatic heterocycles. The Hall–Kier alpha value is -3.37. The normalized spacial score (nSPS) is 17.3. The molecular formula is C30H28ClNO3. The van der Waals surface area contributed by atoms with Crippen LogP contribution in [0.25, 0.3) is 11.1 Å². The van der Waals surface area contributed by atoms with Gasteiger partial charge in [-0.05, 0) is 65.8 Å². The lowest BCUT2D eigenvalue weighted by atomic mass is 9.78. The van der Waals surface area contributed by atoms with Crippen LogP contribution >= 0.6 is 11.6 Å². The molecule has 1 heterocycles. The molecule has 1 saturated carbocycles. The van der Waals surface area contributed by atoms with Crippen LogP contribution in [0.1, 0.15) is 59.2 Å². The third-order valence-corrected chi connectivity index (χ3v) is 7.30. The number of carbonyl (C=O) groups is 2. The molecule has 5 rings (SSSR count). The summed E-state index contributed by atoms with van der Waals surface area (Å²) in [7, 11) is 1.37. The van der Waals surface area contributed by atoms with Crippen molar-refractivity contribution in [3.63, 3.8) is 0 Å². The minimum atomic E-state index is -0.386. The van der Waals surface area contributed by atoms with Gasteiger partial charge in [-0.2, -0.15) is 0 Å². The fraction of sp³-hybridized carbons (Fsp3) is 0.267. The van der Waals surface area contributed by atoms with Crippen LogP contribution in [0.3, 0.4) is 0 Å². The smallest absolute Gasteiger partial charge is 0.337 e. The van der Waals surface area contributed by atoms with E-state index in [-0.39, 0.29) is 11.9 Å². The first-order valence-corrected chi connectivity index (χ1v) is 12.5. The number of para-hydroxylation sites is 1. The van der Waals surface area contributed by atoms with Crippen molar-refractivity contribution >= 4 is 40.3 Å². The van der Waals surface area contributed by atoms with Crippen molar-refractivity contribution in [2.24, 2.45) is 5.92 Å². The topological polar surface area (TPSA) is 46.6 Å². The Labute approximate surface area is 211 Å². The maximum Gasteiger partial charge on any atom is 0.337 e. The molecule has 35 heavy (non-hydrogen) atoms. The average Bonchev–Trinajstić information content (AvgIpc) is 3.17. The number of methoxy groups -OCH3 is 1. The molecule has 1 amide bonds. The number of hydrogen-bond acceptors (Lipinski definition) is 3. The number of allylic oxidation sites excluding steroid dienone is 1. The fourth-order valence-corrected chi connectivity index (χ4v) is 5.53. The van der Waals surface area contributed by atoms with Gasteiger partial charge in [-0.15, -0.1) is 0 Å². The van der Waals surface area contributed by atoms with Crippen LogP contribution in [0.4, 0.5) is 5.69 Å². The second-order valence-corrected chi connectivity index (χ2v) is 9.67. The number of hydrogen-bond donors (Lipinski definition) is 0. The summed E-state index contributed by atoms with van der Waals surface area (Å²) in [4.78, 5) is 28.0. The number of benzene rings is 3. The highest BCUT2D eigenvalue weighted by molar-refractivity contribution is 6.37. The van der Waals surface area contributed by atoms with Crippen molar-refractivity contribution in [1.29, 1.82) is 0 Å². The highest BCUT2D eigenvalue weighted by Crippen LogP contribution is 2.46. The van der Waals surface area contributed by atoms with Gasteiger partial charge >= 0.3 is 5.97 Å². The molecule has 3 aromatic rings. The number of amides is 1. The van der Waals surface area contributed by atoms with Crippen LogP contribution in [0.5, 0.6) is 0 Å². The summed E-state index contributed by atoms with van der Waals surface area (Å²) < 4.78 is 4.88. The maximum absolute atomic E-state index is 14.1. The number of rotatable bonds is 5. The zero-order valence-electron chi connectivity index (χ0n) is 19.8. The Kier molecular flexibility index (Phi) is 6.74. The molecule has 1 aliphatic carbocycles. The zero-order chi connectivity index (χ0) is 24.4. The molecule has 4 nitrogen and oxygen atoms in total. The van der Waals surface area contributed by atoms with Crippen molar-refractivity contribution in [2.45, 2.75) is 38.6 Å². The molecule has 1 fully saturated rings. The quantitative estimate of drug-likeness (QED) is 0.284. The molecule has 0 atom stereocenters. The largest absolute Gasteiger partial charge is 0.465 e. The van der Waals surface area contributed by atoms with Crippen LogP contribution in [0.15, 0.2) is 72.8 Å². The molecule has 0 unspecified atom stereocenters. The van der Waals surface area contributed by atoms with Crippen LogP contribution in [-0.2, 0) is 16.1 Å². The number of halogens is 1. The predicted molar refractivity (Wildman–Crippen MR) is 140 cm³/mol. The monoisotopic (exact) mass is 485 g/mol. The number of nitrogens with zero attached hydrogens (tertiary/aromatic N) is 1. The highest BCUT2D eigenvalue weighted by atomic mass is 35.5. The van der Waals surface area contributed by atoms with E-state index < -0.39 is 0 Å². The van der Waals surface area contributed by atoms with E-state index in [9.17, 15) is 9.59 Å². The van der Waals surface area contributed by atoms with E-state index in [1.54, 1.807) is 12.1 Å². The molecule has 0 saturated heterocycles. The lowest BCUT2D eigenvalue weighted by Crippen LogP contribution is -2.26. The van der Waals surface area contributed by atoms with E-state index in [0.29, 0.717) is 23.0 Å². The Morgan fingerprint density at radius 2 is 1.69 bits per heavy atom. The first kappa shape index (κ1) is 23.4.